The predicted octanol–water partition coefficient (Wildman–Crippen LogP) is -8.08. The maximum absolute atomic E-state index is 11.0. The van der Waals surface area contributed by atoms with E-state index in [1.54, 1.807) is 6.92 Å². The van der Waals surface area contributed by atoms with Crippen LogP contribution in [0.3, 0.4) is 0 Å². The standard InChI is InChI=1S/C17H21N3O3S2.C14H17N3OS.C6H14ClN.C6H15NO.C6H13NO.C4H6O.C3H7NO2S.C2H7N.2CH2O3.B.Cl2OS.2ClH.4K.Na.3H/c1-10(6-7-20(2)3)23-11-4-5-12-14(8-11)25-16(18-12)15-19-13(9-24-15)17(21)22;1-10(6-7-17(2)3)18-11-4-5-12-13(8-11)19-14(9-15)16-12;1-6(7)4-5-8(2)3;2*1-6(8)4-5-7(2)3;1-3-4(2)5;4-2(1-7)3(5)6;1-3-2;2*2-1-4-3;;1-4(2)3;;;;;;;;;;/h4-5,8,10,13H,6-7,9H2,1-3H3,(H,21,22);4-5,8,10H,6-7H2,1-3H3;6H,4-5H2,1-3H3;6,8H,4-5H2,1-3H3;4-5H2,1-3H3;3H,1H2,2H3;2,7H,1,4H2,(H,5,6);3H,1-2H3;2*1,3H;;;2*1H;;;;;;;;/q;;;;;;;;;;;;;;5*+1;3*-1/p-2/t10?,13-;;;;;;;;;;;;;;;;;;;;;/m1...................../s1. The number of allylic oxidation sites excluding steroid dienone is 1. The number of carbonyl (C=O) groups excluding carboxylic acids is 4. The fraction of sp³-hybridized carbons (Fsp3) is 0.600. The third kappa shape index (κ3) is 97.7. The fourth-order valence-corrected chi connectivity index (χ4v) is 8.65. The van der Waals surface area contributed by atoms with E-state index in [1.807, 2.05) is 97.4 Å². The minimum Gasteiger partial charge on any atom is -1.00 e. The molecule has 6 atom stereocenters. The summed E-state index contributed by atoms with van der Waals surface area (Å²) >= 11 is 13.7. The third-order valence-electron chi connectivity index (χ3n) is 10.3. The number of aliphatic carboxylic acids is 2. The number of halogens is 5. The van der Waals surface area contributed by atoms with Crippen LogP contribution in [0.2, 0.25) is 0 Å². The number of fused-ring (bicyclic) bond motifs is 2. The summed E-state index contributed by atoms with van der Waals surface area (Å²) in [6.07, 6.45) is 5.99. The number of nitriles is 1. The van der Waals surface area contributed by atoms with Crippen LogP contribution in [-0.2, 0) is 47.8 Å². The van der Waals surface area contributed by atoms with Crippen LogP contribution in [0.5, 0.6) is 11.5 Å². The van der Waals surface area contributed by atoms with Crippen molar-refractivity contribution in [2.24, 2.45) is 10.7 Å². The van der Waals surface area contributed by atoms with E-state index in [2.05, 4.69) is 152 Å². The molecule has 571 valence electrons. The summed E-state index contributed by atoms with van der Waals surface area (Å²) in [6, 6.07) is 12.2. The number of hydrogen-bond donors (Lipinski definition) is 6. The van der Waals surface area contributed by atoms with Crippen molar-refractivity contribution in [3.8, 4) is 17.6 Å². The molecule has 103 heavy (non-hydrogen) atoms. The number of carboxylic acids is 2. The molecule has 0 amide bonds. The molecule has 0 saturated heterocycles. The average Bonchev–Trinajstić information content (AvgIpc) is 1.67. The van der Waals surface area contributed by atoms with Crippen molar-refractivity contribution in [2.45, 2.75) is 109 Å². The molecule has 43 heteroatoms. The second-order valence-corrected chi connectivity index (χ2v) is 27.8. The largest absolute Gasteiger partial charge is 1.00 e. The zero-order chi connectivity index (χ0) is 74.8. The number of ether oxygens (including phenoxy) is 2. The number of Topliss-reactive ketones (excluding diaryl/α,β-unsaturated/α-hetero) is 1. The van der Waals surface area contributed by atoms with Gasteiger partial charge in [0.25, 0.3) is 12.9 Å². The van der Waals surface area contributed by atoms with Crippen LogP contribution in [0.4, 0.5) is 0 Å². The molecule has 4 aromatic rings. The zero-order valence-corrected chi connectivity index (χ0v) is 86.8. The van der Waals surface area contributed by atoms with Crippen molar-refractivity contribution in [2.75, 3.05) is 129 Å². The van der Waals surface area contributed by atoms with E-state index in [-0.39, 0.29) is 321 Å². The van der Waals surface area contributed by atoms with E-state index < -0.39 is 33.2 Å². The summed E-state index contributed by atoms with van der Waals surface area (Å²) < 4.78 is 23.0. The Morgan fingerprint density at radius 2 is 1.12 bits per heavy atom. The topological polar surface area (TPSA) is 379 Å². The van der Waals surface area contributed by atoms with Gasteiger partial charge in [-0.05, 0) is 207 Å². The molecule has 27 nitrogen and oxygen atoms in total. The number of nitrogens with one attached hydrogen (secondary N) is 1. The molecular weight excluding hydrogens is 1660 g/mol. The van der Waals surface area contributed by atoms with Crippen LogP contribution in [0.25, 0.3) is 20.4 Å². The van der Waals surface area contributed by atoms with Gasteiger partial charge in [0.05, 0.1) is 38.7 Å². The number of ketones is 2. The van der Waals surface area contributed by atoms with Gasteiger partial charge in [-0.3, -0.25) is 29.0 Å². The van der Waals surface area contributed by atoms with E-state index >= 15 is 0 Å². The predicted molar refractivity (Wildman–Crippen MR) is 411 cm³/mol. The summed E-state index contributed by atoms with van der Waals surface area (Å²) in [4.78, 5) is 86.8. The van der Waals surface area contributed by atoms with Crippen molar-refractivity contribution in [3.63, 3.8) is 0 Å². The van der Waals surface area contributed by atoms with Gasteiger partial charge in [-0.25, -0.2) is 19.0 Å². The first-order chi connectivity index (χ1) is 44.3. The van der Waals surface area contributed by atoms with E-state index in [4.69, 9.17) is 71.7 Å². The number of thioether (sulfide) groups is 1. The number of nitrogens with two attached hydrogens (primary N) is 1. The van der Waals surface area contributed by atoms with Gasteiger partial charge in [-0.1, -0.05) is 6.58 Å². The summed E-state index contributed by atoms with van der Waals surface area (Å²) in [5.41, 5.74) is 6.68. The van der Waals surface area contributed by atoms with Crippen molar-refractivity contribution >= 4 is 184 Å². The third-order valence-corrected chi connectivity index (χ3v) is 14.1. The van der Waals surface area contributed by atoms with Gasteiger partial charge in [0.2, 0.25) is 9.23 Å². The maximum Gasteiger partial charge on any atom is 1.00 e. The Morgan fingerprint density at radius 1 is 0.767 bits per heavy atom. The van der Waals surface area contributed by atoms with Gasteiger partial charge in [0, 0.05) is 72.7 Å². The Bertz CT molecular complexity index is 2790. The number of aliphatic hydroxyl groups is 1. The van der Waals surface area contributed by atoms with Crippen LogP contribution >= 0.6 is 105 Å². The molecule has 5 rings (SSSR count). The van der Waals surface area contributed by atoms with Crippen LogP contribution in [-0.4, -0.2) is 268 Å². The summed E-state index contributed by atoms with van der Waals surface area (Å²) in [5, 5.41) is 56.6. The minimum absolute atomic E-state index is 0. The van der Waals surface area contributed by atoms with Gasteiger partial charge in [-0.2, -0.15) is 17.9 Å². The number of aliphatic imine (C=N–C) groups is 1. The summed E-state index contributed by atoms with van der Waals surface area (Å²) in [7, 11) is 31.4. The number of benzene rings is 2. The quantitative estimate of drug-likeness (QED) is 0.00497. The van der Waals surface area contributed by atoms with Crippen molar-refractivity contribution in [1.82, 2.24) is 39.8 Å². The monoisotopic (exact) mass is 1760 g/mol. The number of thiazole rings is 2. The molecule has 3 heterocycles. The number of hydrogen-bond acceptors (Lipinski definition) is 29. The second kappa shape index (κ2) is 92.6. The molecule has 3 radical (unpaired) electrons. The van der Waals surface area contributed by atoms with Gasteiger partial charge < -0.3 is 84.9 Å². The van der Waals surface area contributed by atoms with Crippen molar-refractivity contribution in [1.29, 1.82) is 5.26 Å². The van der Waals surface area contributed by atoms with E-state index in [0.29, 0.717) is 22.6 Å². The Kier molecular flexibility index (Phi) is 125. The number of aromatic nitrogens is 2. The number of nitrogens with zero attached hydrogens (tertiary/aromatic N) is 9. The van der Waals surface area contributed by atoms with E-state index in [1.165, 1.54) is 47.4 Å². The molecule has 0 fully saturated rings. The first-order valence-corrected chi connectivity index (χ1v) is 35.3. The molecule has 5 unspecified atom stereocenters. The minimum atomic E-state index is -1.67. The number of carbonyl (C=O) groups is 6. The van der Waals surface area contributed by atoms with Crippen LogP contribution in [0.1, 0.15) is 87.9 Å². The maximum atomic E-state index is 11.0. The number of rotatable bonds is 26. The molecule has 1 aliphatic heterocycles. The average molecular weight is 1770 g/mol. The zero-order valence-electron chi connectivity index (χ0n) is 67.2. The number of aliphatic hydroxyl groups excluding tert-OH is 1. The first-order valence-electron chi connectivity index (χ1n) is 28.8. The molecule has 0 saturated carbocycles. The molecule has 0 bridgehead atoms. The van der Waals surface area contributed by atoms with Gasteiger partial charge in [0.15, 0.2) is 16.8 Å². The van der Waals surface area contributed by atoms with Crippen molar-refractivity contribution < 1.29 is 317 Å². The number of alkyl halides is 1. The first kappa shape index (κ1) is 138. The van der Waals surface area contributed by atoms with Crippen molar-refractivity contribution in [3.05, 3.63) is 59.1 Å². The van der Waals surface area contributed by atoms with Crippen LogP contribution in [0, 0.1) is 11.3 Å². The fourth-order valence-electron chi connectivity index (χ4n) is 5.52. The smallest absolute Gasteiger partial charge is 1.00 e. The Hall–Kier alpha value is 3.45. The normalized spacial score (nSPS) is 12.0. The Morgan fingerprint density at radius 3 is 1.36 bits per heavy atom. The molecular formula is C60H107BCl5K4N11NaO16S5. The molecule has 0 spiro atoms. The summed E-state index contributed by atoms with van der Waals surface area (Å²) in [5.74, 6) is 0.725. The molecule has 6 N–H and O–H groups in total. The summed E-state index contributed by atoms with van der Waals surface area (Å²) in [6.45, 7) is 18.8. The van der Waals surface area contributed by atoms with Gasteiger partial charge >= 0.3 is 247 Å². The van der Waals surface area contributed by atoms with Gasteiger partial charge in [0.1, 0.15) is 39.4 Å². The van der Waals surface area contributed by atoms with Gasteiger partial charge in [-0.15, -0.1) is 70.9 Å². The van der Waals surface area contributed by atoms with Crippen LogP contribution in [0.15, 0.2) is 54.0 Å². The second-order valence-electron chi connectivity index (χ2n) is 21.1. The molecule has 2 aromatic carbocycles. The molecule has 2 aromatic heterocycles. The Labute approximate surface area is 857 Å². The SMILES string of the molecule is C=CC(C)=O.CC(=O)CCN(C)C.CC(CCN(C)C)Oc1ccc2nc(C#N)sc2c1.CC(CCN(C)C)Oc1ccc2nc(C3=N[C@@H](C(=O)O)CS3)sc2c1.CC(Cl)CCN(C)C.CC(O)CCN(C)C.CNC.Cl.Cl.NC(CS)C(=O)O.O=CO[O-].O=CO[O-].O=S(Cl)Cl.[B].[H-].[H-].[H-].[K+].[K+].[K+].[K+].[Na+]. The Balaban J connectivity index is -0.0000000585. The molecule has 0 aliphatic carbocycles. The van der Waals surface area contributed by atoms with Crippen LogP contribution < -0.4 is 266 Å². The number of thiol groups is 1. The van der Waals surface area contributed by atoms with E-state index in [0.717, 1.165) is 100 Å². The molecule has 1 aliphatic rings. The number of carboxylic acid groups (broad SMARTS) is 2. The van der Waals surface area contributed by atoms with E-state index in [9.17, 15) is 19.2 Å².